The topological polar surface area (TPSA) is 54.4 Å². The van der Waals surface area contributed by atoms with Crippen LogP contribution in [0, 0.1) is 18.2 Å². The van der Waals surface area contributed by atoms with E-state index in [9.17, 15) is 31.1 Å². The molecule has 0 bridgehead atoms. The lowest BCUT2D eigenvalue weighted by Crippen LogP contribution is -2.49. The highest BCUT2D eigenvalue weighted by atomic mass is 32.2. The van der Waals surface area contributed by atoms with Gasteiger partial charge in [0.15, 0.2) is 15.4 Å². The summed E-state index contributed by atoms with van der Waals surface area (Å²) in [4.78, 5) is -0.292. The molecule has 0 saturated carbocycles. The molecule has 0 fully saturated rings. The van der Waals surface area contributed by atoms with Crippen molar-refractivity contribution in [3.05, 3.63) is 29.6 Å². The molecule has 0 spiro atoms. The largest absolute Gasteiger partial charge is 0.418 e. The van der Waals surface area contributed by atoms with Crippen molar-refractivity contribution in [3.63, 3.8) is 0 Å². The van der Waals surface area contributed by atoms with E-state index in [-0.39, 0.29) is 10.5 Å². The van der Waals surface area contributed by atoms with Gasteiger partial charge in [0.2, 0.25) is 0 Å². The number of aliphatic hydroxyl groups is 1. The minimum atomic E-state index is -5.02. The number of rotatable bonds is 5. The molecule has 0 aliphatic carbocycles. The molecule has 0 heterocycles. The molecule has 1 N–H and O–H groups in total. The number of hydrogen-bond acceptors (Lipinski definition) is 3. The predicted octanol–water partition coefficient (Wildman–Crippen LogP) is 3.21. The van der Waals surface area contributed by atoms with Gasteiger partial charge in [-0.3, -0.25) is 0 Å². The lowest BCUT2D eigenvalue weighted by molar-refractivity contribution is -0.264. The first-order chi connectivity index (χ1) is 10.6. The zero-order chi connectivity index (χ0) is 19.0. The van der Waals surface area contributed by atoms with Gasteiger partial charge in [-0.15, -0.1) is 12.3 Å². The van der Waals surface area contributed by atoms with Crippen LogP contribution in [-0.2, 0) is 15.3 Å². The van der Waals surface area contributed by atoms with E-state index >= 15 is 0 Å². The van der Waals surface area contributed by atoms with Gasteiger partial charge in [-0.2, -0.15) is 13.2 Å². The Morgan fingerprint density at radius 2 is 1.79 bits per heavy atom. The lowest BCUT2D eigenvalue weighted by Gasteiger charge is -2.37. The van der Waals surface area contributed by atoms with E-state index in [1.165, 1.54) is 13.8 Å². The molecule has 0 saturated heterocycles. The Bertz CT molecular complexity index is 761. The van der Waals surface area contributed by atoms with Gasteiger partial charge in [0, 0.05) is 12.7 Å². The summed E-state index contributed by atoms with van der Waals surface area (Å²) in [5.41, 5.74) is -4.88. The van der Waals surface area contributed by atoms with E-state index in [4.69, 9.17) is 6.42 Å². The first-order valence-electron chi connectivity index (χ1n) is 6.87. The van der Waals surface area contributed by atoms with Crippen LogP contribution in [0.1, 0.15) is 32.3 Å². The van der Waals surface area contributed by atoms with E-state index in [2.05, 4.69) is 0 Å². The minimum Gasteiger partial charge on any atom is -0.380 e. The third-order valence-corrected chi connectivity index (χ3v) is 4.88. The lowest BCUT2D eigenvalue weighted by atomic mass is 9.74. The monoisotopic (exact) mass is 366 g/mol. The molecule has 1 aromatic carbocycles. The van der Waals surface area contributed by atoms with Gasteiger partial charge in [0.05, 0.1) is 4.90 Å². The Morgan fingerprint density at radius 3 is 2.21 bits per heavy atom. The fourth-order valence-corrected chi connectivity index (χ4v) is 3.66. The SMILES string of the molecule is C#CCC(O)(CC(C)(C)c1cc(F)ccc1S(C)(=O)=O)C(F)(F)F. The predicted molar refractivity (Wildman–Crippen MR) is 81.6 cm³/mol. The molecule has 1 atom stereocenters. The number of terminal acetylenes is 1. The molecule has 1 rings (SSSR count). The van der Waals surface area contributed by atoms with Gasteiger partial charge in [-0.05, 0) is 35.6 Å². The summed E-state index contributed by atoms with van der Waals surface area (Å²) in [6.45, 7) is 2.59. The van der Waals surface area contributed by atoms with Crippen LogP contribution in [0.2, 0.25) is 0 Å². The second kappa shape index (κ2) is 6.37. The van der Waals surface area contributed by atoms with Gasteiger partial charge in [-0.25, -0.2) is 12.8 Å². The summed E-state index contributed by atoms with van der Waals surface area (Å²) >= 11 is 0. The van der Waals surface area contributed by atoms with Gasteiger partial charge in [0.25, 0.3) is 0 Å². The van der Waals surface area contributed by atoms with Crippen LogP contribution in [0.5, 0.6) is 0 Å². The molecule has 1 unspecified atom stereocenters. The Morgan fingerprint density at radius 1 is 1.25 bits per heavy atom. The second-order valence-corrected chi connectivity index (χ2v) is 8.37. The molecule has 0 aliphatic rings. The summed E-state index contributed by atoms with van der Waals surface area (Å²) in [6.07, 6.45) is -1.13. The van der Waals surface area contributed by atoms with Crippen LogP contribution in [0.25, 0.3) is 0 Å². The number of sulfone groups is 1. The van der Waals surface area contributed by atoms with Crippen molar-refractivity contribution in [2.24, 2.45) is 0 Å². The van der Waals surface area contributed by atoms with E-state index in [0.717, 1.165) is 24.5 Å². The number of benzene rings is 1. The van der Waals surface area contributed by atoms with Crippen molar-refractivity contribution in [1.82, 2.24) is 0 Å². The zero-order valence-corrected chi connectivity index (χ0v) is 14.2. The fourth-order valence-electron chi connectivity index (χ4n) is 2.61. The minimum absolute atomic E-state index is 0.148. The first-order valence-corrected chi connectivity index (χ1v) is 8.76. The molecule has 3 nitrogen and oxygen atoms in total. The molecule has 0 aliphatic heterocycles. The summed E-state index contributed by atoms with van der Waals surface area (Å²) in [6, 6.07) is 2.77. The van der Waals surface area contributed by atoms with Crippen LogP contribution in [0.4, 0.5) is 17.6 Å². The van der Waals surface area contributed by atoms with E-state index in [0.29, 0.717) is 0 Å². The van der Waals surface area contributed by atoms with Crippen molar-refractivity contribution >= 4 is 9.84 Å². The zero-order valence-electron chi connectivity index (χ0n) is 13.4. The van der Waals surface area contributed by atoms with E-state index in [1.807, 2.05) is 0 Å². The van der Waals surface area contributed by atoms with Crippen molar-refractivity contribution in [3.8, 4) is 12.3 Å². The smallest absolute Gasteiger partial charge is 0.380 e. The Labute approximate surface area is 138 Å². The summed E-state index contributed by atoms with van der Waals surface area (Å²) in [5.74, 6) is 0.989. The maximum Gasteiger partial charge on any atom is 0.418 e. The van der Waals surface area contributed by atoms with Crippen LogP contribution in [-0.4, -0.2) is 31.6 Å². The molecule has 8 heteroatoms. The quantitative estimate of drug-likeness (QED) is 0.495. The van der Waals surface area contributed by atoms with Crippen molar-refractivity contribution in [2.75, 3.05) is 6.26 Å². The summed E-state index contributed by atoms with van der Waals surface area (Å²) in [7, 11) is -3.81. The molecule has 0 amide bonds. The maximum atomic E-state index is 13.6. The number of hydrogen-bond donors (Lipinski definition) is 1. The molecular weight excluding hydrogens is 348 g/mol. The molecule has 24 heavy (non-hydrogen) atoms. The first kappa shape index (κ1) is 20.5. The molecule has 0 aromatic heterocycles. The van der Waals surface area contributed by atoms with Gasteiger partial charge in [0.1, 0.15) is 5.82 Å². The van der Waals surface area contributed by atoms with Crippen molar-refractivity contribution < 1.29 is 31.1 Å². The van der Waals surface area contributed by atoms with Gasteiger partial charge < -0.3 is 5.11 Å². The van der Waals surface area contributed by atoms with Crippen LogP contribution in [0.15, 0.2) is 23.1 Å². The third kappa shape index (κ3) is 4.28. The van der Waals surface area contributed by atoms with Crippen LogP contribution >= 0.6 is 0 Å². The molecule has 134 valence electrons. The van der Waals surface area contributed by atoms with Crippen molar-refractivity contribution in [2.45, 2.75) is 48.8 Å². The van der Waals surface area contributed by atoms with Gasteiger partial charge >= 0.3 is 6.18 Å². The average Bonchev–Trinajstić information content (AvgIpc) is 2.35. The Kier molecular flexibility index (Phi) is 5.43. The number of alkyl halides is 3. The fraction of sp³-hybridized carbons (Fsp3) is 0.500. The standard InChI is InChI=1S/C16H18F4O3S/c1-5-8-15(21,16(18,19)20)10-14(2,3)12-9-11(17)6-7-13(12)24(4,22)23/h1,6-7,9,21H,8,10H2,2-4H3. The van der Waals surface area contributed by atoms with Crippen LogP contribution in [0.3, 0.4) is 0 Å². The van der Waals surface area contributed by atoms with E-state index in [1.54, 1.807) is 5.92 Å². The summed E-state index contributed by atoms with van der Waals surface area (Å²) in [5, 5.41) is 10.00. The normalized spacial score (nSPS) is 15.6. The van der Waals surface area contributed by atoms with Crippen molar-refractivity contribution in [1.29, 1.82) is 0 Å². The average molecular weight is 366 g/mol. The highest BCUT2D eigenvalue weighted by Crippen LogP contribution is 2.44. The Hall–Kier alpha value is -1.59. The maximum absolute atomic E-state index is 13.6. The highest BCUT2D eigenvalue weighted by Gasteiger charge is 2.55. The van der Waals surface area contributed by atoms with E-state index < -0.39 is 45.7 Å². The molecule has 1 aromatic rings. The third-order valence-electron chi connectivity index (χ3n) is 3.73. The summed E-state index contributed by atoms with van der Waals surface area (Å²) < 4.78 is 76.9. The molecule has 0 radical (unpaired) electrons. The number of halogens is 4. The Balaban J connectivity index is 3.51. The van der Waals surface area contributed by atoms with Gasteiger partial charge in [-0.1, -0.05) is 13.8 Å². The second-order valence-electron chi connectivity index (χ2n) is 6.38. The highest BCUT2D eigenvalue weighted by molar-refractivity contribution is 7.90. The molecular formula is C16H18F4O3S. The van der Waals surface area contributed by atoms with Crippen LogP contribution < -0.4 is 0 Å².